The molecule has 2 aromatic rings. The van der Waals surface area contributed by atoms with Gasteiger partial charge in [0, 0.05) is 0 Å². The molecule has 0 saturated carbocycles. The highest BCUT2D eigenvalue weighted by Crippen LogP contribution is 2.26. The van der Waals surface area contributed by atoms with E-state index in [0.717, 1.165) is 5.56 Å². The van der Waals surface area contributed by atoms with Crippen LogP contribution in [0.5, 0.6) is 17.2 Å². The number of carbonyl (C=O) groups excluding carboxylic acids is 2. The zero-order chi connectivity index (χ0) is 20.5. The van der Waals surface area contributed by atoms with E-state index in [0.29, 0.717) is 22.8 Å². The summed E-state index contributed by atoms with van der Waals surface area (Å²) in [5.41, 5.74) is 3.71. The summed E-state index contributed by atoms with van der Waals surface area (Å²) < 4.78 is 15.4. The van der Waals surface area contributed by atoms with Crippen LogP contribution in [-0.4, -0.2) is 39.4 Å². The molecule has 8 nitrogen and oxygen atoms in total. The monoisotopic (exact) mass is 385 g/mol. The Morgan fingerprint density at radius 2 is 1.61 bits per heavy atom. The van der Waals surface area contributed by atoms with Gasteiger partial charge in [0.15, 0.2) is 11.5 Å². The van der Waals surface area contributed by atoms with Crippen molar-refractivity contribution in [3.05, 3.63) is 53.6 Å². The lowest BCUT2D eigenvalue weighted by atomic mass is 10.1. The van der Waals surface area contributed by atoms with Crippen LogP contribution in [-0.2, 0) is 9.59 Å². The third kappa shape index (κ3) is 5.47. The molecule has 2 amide bonds. The van der Waals surface area contributed by atoms with E-state index < -0.39 is 11.8 Å². The van der Waals surface area contributed by atoms with E-state index in [9.17, 15) is 9.59 Å². The van der Waals surface area contributed by atoms with Gasteiger partial charge in [-0.25, -0.2) is 5.43 Å². The summed E-state index contributed by atoms with van der Waals surface area (Å²) in [5, 5.41) is 6.41. The number of rotatable bonds is 7. The molecule has 0 aliphatic heterocycles. The Kier molecular flexibility index (Phi) is 7.38. The number of nitrogens with one attached hydrogen (secondary N) is 2. The summed E-state index contributed by atoms with van der Waals surface area (Å²) >= 11 is 0. The van der Waals surface area contributed by atoms with E-state index in [1.807, 2.05) is 12.1 Å². The van der Waals surface area contributed by atoms with Crippen LogP contribution in [0.3, 0.4) is 0 Å². The number of hydrogen-bond acceptors (Lipinski definition) is 6. The summed E-state index contributed by atoms with van der Waals surface area (Å²) in [6.45, 7) is 1.78. The lowest BCUT2D eigenvalue weighted by Crippen LogP contribution is -2.39. The summed E-state index contributed by atoms with van der Waals surface area (Å²) in [6.07, 6.45) is 1.40. The molecule has 1 atom stereocenters. The molecular formula is C20H23N3O5. The second kappa shape index (κ2) is 9.96. The van der Waals surface area contributed by atoms with Crippen LogP contribution < -0.4 is 25.0 Å². The number of methoxy groups -OCH3 is 3. The second-order valence-corrected chi connectivity index (χ2v) is 5.78. The quantitative estimate of drug-likeness (QED) is 0.432. The maximum Gasteiger partial charge on any atom is 0.329 e. The average Bonchev–Trinajstić information content (AvgIpc) is 2.73. The Morgan fingerprint density at radius 1 is 0.929 bits per heavy atom. The molecule has 8 heteroatoms. The van der Waals surface area contributed by atoms with E-state index in [4.69, 9.17) is 14.2 Å². The molecule has 2 N–H and O–H groups in total. The average molecular weight is 385 g/mol. The van der Waals surface area contributed by atoms with Crippen molar-refractivity contribution in [2.45, 2.75) is 13.0 Å². The third-order valence-electron chi connectivity index (χ3n) is 3.96. The van der Waals surface area contributed by atoms with E-state index in [1.54, 1.807) is 44.4 Å². The maximum atomic E-state index is 12.0. The Morgan fingerprint density at radius 3 is 2.21 bits per heavy atom. The van der Waals surface area contributed by atoms with Crippen LogP contribution in [0, 0.1) is 0 Å². The van der Waals surface area contributed by atoms with Gasteiger partial charge in [-0.15, -0.1) is 0 Å². The van der Waals surface area contributed by atoms with E-state index >= 15 is 0 Å². The van der Waals surface area contributed by atoms with Crippen LogP contribution in [0.1, 0.15) is 24.1 Å². The Balaban J connectivity index is 1.91. The lowest BCUT2D eigenvalue weighted by molar-refractivity contribution is -0.139. The Hall–Kier alpha value is -3.55. The van der Waals surface area contributed by atoms with Crippen molar-refractivity contribution in [3.8, 4) is 17.2 Å². The first-order chi connectivity index (χ1) is 13.5. The second-order valence-electron chi connectivity index (χ2n) is 5.78. The molecule has 2 aromatic carbocycles. The Labute approximate surface area is 163 Å². The van der Waals surface area contributed by atoms with Gasteiger partial charge in [-0.05, 0) is 48.4 Å². The number of hydrogen-bond donors (Lipinski definition) is 2. The topological polar surface area (TPSA) is 98.2 Å². The third-order valence-corrected chi connectivity index (χ3v) is 3.96. The SMILES string of the molecule is COc1ccc([C@@H](C)NC(=O)C(=O)N/N=C\c2ccc(OC)c(OC)c2)cc1. The van der Waals surface area contributed by atoms with Crippen molar-refractivity contribution >= 4 is 18.0 Å². The smallest absolute Gasteiger partial charge is 0.329 e. The minimum atomic E-state index is -0.864. The fourth-order valence-corrected chi connectivity index (χ4v) is 2.39. The van der Waals surface area contributed by atoms with E-state index in [-0.39, 0.29) is 6.04 Å². The molecule has 148 valence electrons. The maximum absolute atomic E-state index is 12.0. The fraction of sp³-hybridized carbons (Fsp3) is 0.250. The zero-order valence-corrected chi connectivity index (χ0v) is 16.2. The van der Waals surface area contributed by atoms with Crippen molar-refractivity contribution in [3.63, 3.8) is 0 Å². The molecule has 0 aromatic heterocycles. The normalized spacial score (nSPS) is 11.6. The molecule has 0 bridgehead atoms. The number of carbonyl (C=O) groups is 2. The molecule has 0 unspecified atom stereocenters. The number of amides is 2. The first-order valence-corrected chi connectivity index (χ1v) is 8.48. The zero-order valence-electron chi connectivity index (χ0n) is 16.2. The molecule has 0 aliphatic carbocycles. The summed E-state index contributed by atoms with van der Waals surface area (Å²) in [7, 11) is 4.64. The molecule has 0 spiro atoms. The molecule has 0 aliphatic rings. The minimum absolute atomic E-state index is 0.348. The Bertz CT molecular complexity index is 849. The van der Waals surface area contributed by atoms with Crippen LogP contribution in [0.15, 0.2) is 47.6 Å². The van der Waals surface area contributed by atoms with Gasteiger partial charge < -0.3 is 19.5 Å². The van der Waals surface area contributed by atoms with Crippen LogP contribution in [0.25, 0.3) is 0 Å². The molecular weight excluding hydrogens is 362 g/mol. The van der Waals surface area contributed by atoms with Gasteiger partial charge in [-0.3, -0.25) is 9.59 Å². The number of nitrogens with zero attached hydrogens (tertiary/aromatic N) is 1. The molecule has 0 heterocycles. The predicted molar refractivity (Wildman–Crippen MR) is 105 cm³/mol. The van der Waals surface area contributed by atoms with Gasteiger partial charge in [-0.2, -0.15) is 5.10 Å². The highest BCUT2D eigenvalue weighted by molar-refractivity contribution is 6.35. The molecule has 0 radical (unpaired) electrons. The fourth-order valence-electron chi connectivity index (χ4n) is 2.39. The van der Waals surface area contributed by atoms with Gasteiger partial charge in [0.1, 0.15) is 5.75 Å². The molecule has 0 saturated heterocycles. The van der Waals surface area contributed by atoms with Crippen molar-refractivity contribution in [2.24, 2.45) is 5.10 Å². The van der Waals surface area contributed by atoms with E-state index in [2.05, 4.69) is 15.8 Å². The van der Waals surface area contributed by atoms with Crippen LogP contribution >= 0.6 is 0 Å². The molecule has 28 heavy (non-hydrogen) atoms. The number of ether oxygens (including phenoxy) is 3. The minimum Gasteiger partial charge on any atom is -0.497 e. The summed E-state index contributed by atoms with van der Waals surface area (Å²) in [4.78, 5) is 23.9. The first-order valence-electron chi connectivity index (χ1n) is 8.48. The highest BCUT2D eigenvalue weighted by Gasteiger charge is 2.16. The highest BCUT2D eigenvalue weighted by atomic mass is 16.5. The van der Waals surface area contributed by atoms with Gasteiger partial charge in [-0.1, -0.05) is 12.1 Å². The lowest BCUT2D eigenvalue weighted by Gasteiger charge is -2.13. The van der Waals surface area contributed by atoms with Crippen molar-refractivity contribution in [2.75, 3.05) is 21.3 Å². The standard InChI is InChI=1S/C20H23N3O5/c1-13(15-6-8-16(26-2)9-7-15)22-19(24)20(25)23-21-12-14-5-10-17(27-3)18(11-14)28-4/h5-13H,1-4H3,(H,22,24)(H,23,25)/b21-12-/t13-/m1/s1. The van der Waals surface area contributed by atoms with Crippen molar-refractivity contribution in [1.82, 2.24) is 10.7 Å². The van der Waals surface area contributed by atoms with Crippen LogP contribution in [0.4, 0.5) is 0 Å². The summed E-state index contributed by atoms with van der Waals surface area (Å²) in [6, 6.07) is 12.0. The van der Waals surface area contributed by atoms with Gasteiger partial charge in [0.25, 0.3) is 0 Å². The number of benzene rings is 2. The number of hydrazone groups is 1. The van der Waals surface area contributed by atoms with Gasteiger partial charge in [0.2, 0.25) is 0 Å². The van der Waals surface area contributed by atoms with Gasteiger partial charge in [0.05, 0.1) is 33.6 Å². The van der Waals surface area contributed by atoms with Crippen molar-refractivity contribution < 1.29 is 23.8 Å². The van der Waals surface area contributed by atoms with Gasteiger partial charge >= 0.3 is 11.8 Å². The first kappa shape index (κ1) is 20.8. The molecule has 2 rings (SSSR count). The van der Waals surface area contributed by atoms with E-state index in [1.165, 1.54) is 20.4 Å². The largest absolute Gasteiger partial charge is 0.497 e. The molecule has 0 fully saturated rings. The predicted octanol–water partition coefficient (Wildman–Crippen LogP) is 2.04. The van der Waals surface area contributed by atoms with Crippen LogP contribution in [0.2, 0.25) is 0 Å². The van der Waals surface area contributed by atoms with Crippen molar-refractivity contribution in [1.29, 1.82) is 0 Å². The summed E-state index contributed by atoms with van der Waals surface area (Å²) in [5.74, 6) is 0.175.